The number of esters is 1. The minimum Gasteiger partial charge on any atom is -0.490 e. The van der Waals surface area contributed by atoms with Gasteiger partial charge in [0.05, 0.1) is 25.7 Å². The third-order valence-electron chi connectivity index (χ3n) is 5.69. The van der Waals surface area contributed by atoms with Gasteiger partial charge < -0.3 is 14.4 Å². The van der Waals surface area contributed by atoms with Gasteiger partial charge in [-0.1, -0.05) is 18.7 Å². The van der Waals surface area contributed by atoms with Gasteiger partial charge in [0.2, 0.25) is 5.91 Å². The highest BCUT2D eigenvalue weighted by molar-refractivity contribution is 5.95. The molecule has 2 saturated heterocycles. The van der Waals surface area contributed by atoms with Gasteiger partial charge in [0.25, 0.3) is 5.91 Å². The van der Waals surface area contributed by atoms with Gasteiger partial charge in [-0.3, -0.25) is 19.2 Å². The lowest BCUT2D eigenvalue weighted by molar-refractivity contribution is -0.208. The van der Waals surface area contributed by atoms with Crippen molar-refractivity contribution in [3.05, 3.63) is 42.5 Å². The fourth-order valence-corrected chi connectivity index (χ4v) is 4.27. The molecule has 2 amide bonds. The van der Waals surface area contributed by atoms with Crippen LogP contribution in [0.1, 0.15) is 29.6 Å². The second-order valence-electron chi connectivity index (χ2n) is 7.17. The van der Waals surface area contributed by atoms with Crippen LogP contribution in [-0.2, 0) is 19.2 Å². The van der Waals surface area contributed by atoms with Crippen molar-refractivity contribution in [2.24, 2.45) is 5.92 Å². The monoisotopic (exact) mass is 402 g/mol. The molecule has 0 N–H and O–H groups in total. The SMILES string of the molecule is C=CCOc1cccc(C(=O)N2CCC3(CC2)C(C(=O)OC)CC(=O)N3OC)c1. The normalized spacial score (nSPS) is 20.6. The summed E-state index contributed by atoms with van der Waals surface area (Å²) < 4.78 is 10.4. The molecule has 8 heteroatoms. The quantitative estimate of drug-likeness (QED) is 0.533. The van der Waals surface area contributed by atoms with Crippen molar-refractivity contribution in [3.63, 3.8) is 0 Å². The molecule has 2 heterocycles. The van der Waals surface area contributed by atoms with Crippen LogP contribution >= 0.6 is 0 Å². The summed E-state index contributed by atoms with van der Waals surface area (Å²) in [6.07, 6.45) is 2.56. The number of likely N-dealkylation sites (tertiary alicyclic amines) is 1. The largest absolute Gasteiger partial charge is 0.490 e. The zero-order valence-electron chi connectivity index (χ0n) is 16.8. The molecule has 2 fully saturated rings. The molecule has 2 aliphatic heterocycles. The maximum absolute atomic E-state index is 13.0. The molecule has 1 aromatic carbocycles. The van der Waals surface area contributed by atoms with Gasteiger partial charge in [-0.25, -0.2) is 5.06 Å². The first-order chi connectivity index (χ1) is 14.0. The Labute approximate surface area is 170 Å². The van der Waals surface area contributed by atoms with Crippen LogP contribution in [0.15, 0.2) is 36.9 Å². The van der Waals surface area contributed by atoms with E-state index in [-0.39, 0.29) is 18.2 Å². The second kappa shape index (κ2) is 8.65. The number of benzene rings is 1. The smallest absolute Gasteiger partial charge is 0.311 e. The van der Waals surface area contributed by atoms with Crippen LogP contribution in [-0.4, -0.2) is 67.2 Å². The average Bonchev–Trinajstić information content (AvgIpc) is 3.02. The second-order valence-corrected chi connectivity index (χ2v) is 7.17. The summed E-state index contributed by atoms with van der Waals surface area (Å²) in [5.41, 5.74) is -0.261. The Morgan fingerprint density at radius 2 is 2.00 bits per heavy atom. The van der Waals surface area contributed by atoms with Crippen LogP contribution < -0.4 is 4.74 Å². The van der Waals surface area contributed by atoms with Crippen molar-refractivity contribution >= 4 is 17.8 Å². The summed E-state index contributed by atoms with van der Waals surface area (Å²) in [6.45, 7) is 4.77. The Hall–Kier alpha value is -2.87. The van der Waals surface area contributed by atoms with E-state index in [2.05, 4.69) is 6.58 Å². The maximum Gasteiger partial charge on any atom is 0.311 e. The van der Waals surface area contributed by atoms with Crippen LogP contribution in [0, 0.1) is 5.92 Å². The van der Waals surface area contributed by atoms with Gasteiger partial charge in [0.1, 0.15) is 12.4 Å². The van der Waals surface area contributed by atoms with Gasteiger partial charge in [-0.15, -0.1) is 0 Å². The molecule has 1 unspecified atom stereocenters. The first-order valence-corrected chi connectivity index (χ1v) is 9.55. The third-order valence-corrected chi connectivity index (χ3v) is 5.69. The first-order valence-electron chi connectivity index (χ1n) is 9.55. The molecule has 2 aliphatic rings. The predicted octanol–water partition coefficient (Wildman–Crippen LogP) is 1.81. The summed E-state index contributed by atoms with van der Waals surface area (Å²) >= 11 is 0. The highest BCUT2D eigenvalue weighted by Crippen LogP contribution is 2.44. The Bertz CT molecular complexity index is 798. The number of rotatable bonds is 6. The van der Waals surface area contributed by atoms with Crippen LogP contribution in [0.5, 0.6) is 5.75 Å². The third kappa shape index (κ3) is 3.85. The van der Waals surface area contributed by atoms with Gasteiger partial charge in [-0.2, -0.15) is 0 Å². The van der Waals surface area contributed by atoms with E-state index in [4.69, 9.17) is 14.3 Å². The van der Waals surface area contributed by atoms with Crippen molar-refractivity contribution in [1.82, 2.24) is 9.96 Å². The number of methoxy groups -OCH3 is 1. The lowest BCUT2D eigenvalue weighted by Crippen LogP contribution is -2.57. The van der Waals surface area contributed by atoms with E-state index in [0.29, 0.717) is 43.9 Å². The molecule has 0 bridgehead atoms. The van der Waals surface area contributed by atoms with Crippen molar-refractivity contribution in [2.75, 3.05) is 33.9 Å². The van der Waals surface area contributed by atoms with E-state index >= 15 is 0 Å². The molecule has 29 heavy (non-hydrogen) atoms. The minimum absolute atomic E-state index is 0.0527. The number of hydroxylamine groups is 2. The minimum atomic E-state index is -0.787. The van der Waals surface area contributed by atoms with Gasteiger partial charge in [-0.05, 0) is 31.0 Å². The number of piperidine rings is 1. The summed E-state index contributed by atoms with van der Waals surface area (Å²) in [5.74, 6) is -0.791. The zero-order chi connectivity index (χ0) is 21.0. The van der Waals surface area contributed by atoms with E-state index in [0.717, 1.165) is 0 Å². The summed E-state index contributed by atoms with van der Waals surface area (Å²) in [7, 11) is 2.74. The number of ether oxygens (including phenoxy) is 2. The van der Waals surface area contributed by atoms with E-state index < -0.39 is 17.4 Å². The molecular weight excluding hydrogens is 376 g/mol. The highest BCUT2D eigenvalue weighted by atomic mass is 16.7. The lowest BCUT2D eigenvalue weighted by atomic mass is 9.77. The van der Waals surface area contributed by atoms with Crippen LogP contribution in [0.2, 0.25) is 0 Å². The molecule has 0 radical (unpaired) electrons. The zero-order valence-corrected chi connectivity index (χ0v) is 16.8. The van der Waals surface area contributed by atoms with Gasteiger partial charge in [0.15, 0.2) is 0 Å². The number of hydrogen-bond acceptors (Lipinski definition) is 6. The molecule has 0 saturated carbocycles. The van der Waals surface area contributed by atoms with Crippen molar-refractivity contribution < 1.29 is 28.7 Å². The summed E-state index contributed by atoms with van der Waals surface area (Å²) in [4.78, 5) is 44.7. The lowest BCUT2D eigenvalue weighted by Gasteiger charge is -2.45. The average molecular weight is 402 g/mol. The Morgan fingerprint density at radius 3 is 2.62 bits per heavy atom. The molecular formula is C21H26N2O6. The molecule has 156 valence electrons. The Kier molecular flexibility index (Phi) is 6.22. The molecule has 1 aromatic rings. The molecule has 0 aliphatic carbocycles. The molecule has 1 spiro atoms. The van der Waals surface area contributed by atoms with Crippen LogP contribution in [0.25, 0.3) is 0 Å². The fourth-order valence-electron chi connectivity index (χ4n) is 4.27. The van der Waals surface area contributed by atoms with E-state index in [1.165, 1.54) is 19.3 Å². The van der Waals surface area contributed by atoms with E-state index in [1.54, 1.807) is 35.2 Å². The van der Waals surface area contributed by atoms with Crippen LogP contribution in [0.4, 0.5) is 0 Å². The van der Waals surface area contributed by atoms with Gasteiger partial charge in [0, 0.05) is 25.1 Å². The highest BCUT2D eigenvalue weighted by Gasteiger charge is 2.58. The Morgan fingerprint density at radius 1 is 1.28 bits per heavy atom. The summed E-state index contributed by atoms with van der Waals surface area (Å²) in [6, 6.07) is 7.00. The molecule has 0 aromatic heterocycles. The van der Waals surface area contributed by atoms with Gasteiger partial charge >= 0.3 is 5.97 Å². The predicted molar refractivity (Wildman–Crippen MR) is 104 cm³/mol. The van der Waals surface area contributed by atoms with Crippen molar-refractivity contribution in [3.8, 4) is 5.75 Å². The topological polar surface area (TPSA) is 85.4 Å². The molecule has 3 rings (SSSR count). The van der Waals surface area contributed by atoms with Crippen molar-refractivity contribution in [1.29, 1.82) is 0 Å². The number of hydrogen-bond donors (Lipinski definition) is 0. The Balaban J connectivity index is 1.75. The van der Waals surface area contributed by atoms with E-state index in [1.807, 2.05) is 0 Å². The maximum atomic E-state index is 13.0. The number of carbonyl (C=O) groups excluding carboxylic acids is 3. The first kappa shape index (κ1) is 20.9. The fraction of sp³-hybridized carbons (Fsp3) is 0.476. The number of nitrogens with zero attached hydrogens (tertiary/aromatic N) is 2. The number of carbonyl (C=O) groups is 3. The van der Waals surface area contributed by atoms with Crippen molar-refractivity contribution in [2.45, 2.75) is 24.8 Å². The molecule has 1 atom stereocenters. The standard InChI is InChI=1S/C21H26N2O6/c1-4-12-29-16-7-5-6-15(13-16)19(25)22-10-8-21(9-11-22)17(20(26)27-2)14-18(24)23(21)28-3/h4-7,13,17H,1,8-12,14H2,2-3H3. The molecule has 8 nitrogen and oxygen atoms in total. The van der Waals surface area contributed by atoms with E-state index in [9.17, 15) is 14.4 Å². The van der Waals surface area contributed by atoms with Crippen LogP contribution in [0.3, 0.4) is 0 Å². The number of amides is 2. The summed E-state index contributed by atoms with van der Waals surface area (Å²) in [5, 5.41) is 1.31.